The maximum absolute atomic E-state index is 13.4. The Kier molecular flexibility index (Phi) is 4.19. The van der Waals surface area contributed by atoms with E-state index in [2.05, 4.69) is 43.1 Å². The first-order valence-electron chi connectivity index (χ1n) is 11.1. The number of carbonyl (C=O) groups excluding carboxylic acids is 1. The Hall–Kier alpha value is -1.39. The standard InChI is InChI=1S/C24H34N2O2/c1-15-7-16(2)21(17(3)8-15)25-22(27)20-5-4-6-26(20)23-10-18-9-19(11-23)13-24(28,12-18)14-23/h7-8,18-20,28H,4-6,9-14H2,1-3H3,(H,25,27)/t18-,19-,20+,23?,24?/m0/s1. The Morgan fingerprint density at radius 1 is 1.11 bits per heavy atom. The van der Waals surface area contributed by atoms with Crippen LogP contribution in [0.2, 0.25) is 0 Å². The summed E-state index contributed by atoms with van der Waals surface area (Å²) in [6, 6.07) is 4.23. The first-order chi connectivity index (χ1) is 13.3. The molecule has 6 rings (SSSR count). The second kappa shape index (κ2) is 6.30. The fraction of sp³-hybridized carbons (Fsp3) is 0.708. The van der Waals surface area contributed by atoms with Crippen LogP contribution in [0, 0.1) is 32.6 Å². The number of hydrogen-bond donors (Lipinski definition) is 2. The highest BCUT2D eigenvalue weighted by atomic mass is 16.3. The van der Waals surface area contributed by atoms with E-state index >= 15 is 0 Å². The van der Waals surface area contributed by atoms with E-state index in [4.69, 9.17) is 0 Å². The Morgan fingerprint density at radius 2 is 1.75 bits per heavy atom. The van der Waals surface area contributed by atoms with Crippen molar-refractivity contribution < 1.29 is 9.90 Å². The van der Waals surface area contributed by atoms with Crippen LogP contribution >= 0.6 is 0 Å². The molecule has 0 spiro atoms. The molecule has 4 aliphatic carbocycles. The summed E-state index contributed by atoms with van der Waals surface area (Å²) in [4.78, 5) is 15.9. The van der Waals surface area contributed by atoms with E-state index in [-0.39, 0.29) is 17.5 Å². The lowest BCUT2D eigenvalue weighted by atomic mass is 9.50. The molecule has 1 amide bonds. The van der Waals surface area contributed by atoms with Crippen LogP contribution in [0.4, 0.5) is 5.69 Å². The van der Waals surface area contributed by atoms with Gasteiger partial charge in [-0.15, -0.1) is 0 Å². The van der Waals surface area contributed by atoms with Gasteiger partial charge in [0, 0.05) is 11.2 Å². The molecule has 2 N–H and O–H groups in total. The monoisotopic (exact) mass is 382 g/mol. The molecule has 1 aromatic rings. The molecule has 4 heteroatoms. The second-order valence-electron chi connectivity index (χ2n) is 10.5. The molecule has 4 bridgehead atoms. The molecule has 152 valence electrons. The number of rotatable bonds is 3. The molecule has 4 saturated carbocycles. The van der Waals surface area contributed by atoms with Crippen molar-refractivity contribution in [3.05, 3.63) is 28.8 Å². The number of anilines is 1. The van der Waals surface area contributed by atoms with Gasteiger partial charge in [-0.05, 0) is 102 Å². The van der Waals surface area contributed by atoms with Crippen LogP contribution in [0.25, 0.3) is 0 Å². The molecule has 5 aliphatic rings. The fourth-order valence-corrected chi connectivity index (χ4v) is 7.69. The van der Waals surface area contributed by atoms with Gasteiger partial charge in [0.2, 0.25) is 5.91 Å². The molecule has 5 fully saturated rings. The summed E-state index contributed by atoms with van der Waals surface area (Å²) < 4.78 is 0. The van der Waals surface area contributed by atoms with Crippen molar-refractivity contribution in [2.75, 3.05) is 11.9 Å². The Balaban J connectivity index is 1.40. The molecule has 1 aliphatic heterocycles. The van der Waals surface area contributed by atoms with Gasteiger partial charge in [0.25, 0.3) is 0 Å². The highest BCUT2D eigenvalue weighted by molar-refractivity contribution is 5.96. The number of hydrogen-bond acceptors (Lipinski definition) is 3. The highest BCUT2D eigenvalue weighted by Crippen LogP contribution is 2.60. The zero-order valence-corrected chi connectivity index (χ0v) is 17.6. The number of aliphatic hydroxyl groups is 1. The van der Waals surface area contributed by atoms with Crippen LogP contribution in [0.1, 0.15) is 68.1 Å². The van der Waals surface area contributed by atoms with Crippen molar-refractivity contribution in [2.45, 2.75) is 89.3 Å². The van der Waals surface area contributed by atoms with Crippen LogP contribution in [0.3, 0.4) is 0 Å². The van der Waals surface area contributed by atoms with Crippen molar-refractivity contribution in [1.29, 1.82) is 0 Å². The molecular formula is C24H34N2O2. The maximum atomic E-state index is 13.4. The normalized spacial score (nSPS) is 39.5. The second-order valence-corrected chi connectivity index (χ2v) is 10.5. The number of amides is 1. The summed E-state index contributed by atoms with van der Waals surface area (Å²) >= 11 is 0. The summed E-state index contributed by atoms with van der Waals surface area (Å²) in [6.07, 6.45) is 8.51. The summed E-state index contributed by atoms with van der Waals surface area (Å²) in [5.74, 6) is 1.45. The van der Waals surface area contributed by atoms with Gasteiger partial charge in [0.15, 0.2) is 0 Å². The topological polar surface area (TPSA) is 52.6 Å². The Labute approximate surface area is 168 Å². The van der Waals surface area contributed by atoms with Crippen molar-refractivity contribution in [3.63, 3.8) is 0 Å². The van der Waals surface area contributed by atoms with Gasteiger partial charge in [-0.3, -0.25) is 9.69 Å². The quantitative estimate of drug-likeness (QED) is 0.828. The van der Waals surface area contributed by atoms with Gasteiger partial charge >= 0.3 is 0 Å². The molecule has 28 heavy (non-hydrogen) atoms. The lowest BCUT2D eigenvalue weighted by Gasteiger charge is -2.63. The van der Waals surface area contributed by atoms with Gasteiger partial charge in [-0.25, -0.2) is 0 Å². The number of carbonyl (C=O) groups is 1. The van der Waals surface area contributed by atoms with Crippen molar-refractivity contribution in [3.8, 4) is 0 Å². The lowest BCUT2D eigenvalue weighted by Crippen LogP contribution is -2.67. The molecule has 1 heterocycles. The van der Waals surface area contributed by atoms with Gasteiger partial charge in [0.05, 0.1) is 11.6 Å². The molecule has 0 aromatic heterocycles. The van der Waals surface area contributed by atoms with Gasteiger partial charge < -0.3 is 10.4 Å². The van der Waals surface area contributed by atoms with E-state index in [1.165, 1.54) is 24.8 Å². The summed E-state index contributed by atoms with van der Waals surface area (Å²) in [6.45, 7) is 7.26. The molecule has 0 unspecified atom stereocenters. The Bertz CT molecular complexity index is 780. The third-order valence-electron chi connectivity index (χ3n) is 8.09. The molecule has 3 atom stereocenters. The number of aryl methyl sites for hydroxylation is 3. The van der Waals surface area contributed by atoms with Crippen LogP contribution in [0.15, 0.2) is 12.1 Å². The average Bonchev–Trinajstić information content (AvgIpc) is 3.06. The summed E-state index contributed by atoms with van der Waals surface area (Å²) in [5, 5.41) is 14.4. The Morgan fingerprint density at radius 3 is 2.36 bits per heavy atom. The van der Waals surface area contributed by atoms with E-state index in [9.17, 15) is 9.90 Å². The van der Waals surface area contributed by atoms with E-state index in [1.807, 2.05) is 0 Å². The van der Waals surface area contributed by atoms with Gasteiger partial charge in [-0.1, -0.05) is 17.7 Å². The van der Waals surface area contributed by atoms with E-state index in [0.29, 0.717) is 11.8 Å². The lowest BCUT2D eigenvalue weighted by molar-refractivity contribution is -0.179. The third kappa shape index (κ3) is 2.91. The third-order valence-corrected chi connectivity index (χ3v) is 8.09. The predicted octanol–water partition coefficient (Wildman–Crippen LogP) is 4.10. The van der Waals surface area contributed by atoms with Crippen molar-refractivity contribution >= 4 is 11.6 Å². The zero-order chi connectivity index (χ0) is 19.7. The highest BCUT2D eigenvalue weighted by Gasteiger charge is 2.60. The molecule has 4 nitrogen and oxygen atoms in total. The van der Waals surface area contributed by atoms with Crippen molar-refractivity contribution in [1.82, 2.24) is 4.90 Å². The zero-order valence-electron chi connectivity index (χ0n) is 17.6. The van der Waals surface area contributed by atoms with Crippen LogP contribution in [0.5, 0.6) is 0 Å². The minimum Gasteiger partial charge on any atom is -0.390 e. The predicted molar refractivity (Wildman–Crippen MR) is 111 cm³/mol. The number of nitrogens with zero attached hydrogens (tertiary/aromatic N) is 1. The molecule has 1 aromatic carbocycles. The smallest absolute Gasteiger partial charge is 0.241 e. The van der Waals surface area contributed by atoms with E-state index in [0.717, 1.165) is 55.5 Å². The first-order valence-corrected chi connectivity index (χ1v) is 11.1. The summed E-state index contributed by atoms with van der Waals surface area (Å²) in [5.41, 5.74) is 4.06. The average molecular weight is 383 g/mol. The maximum Gasteiger partial charge on any atom is 0.241 e. The van der Waals surface area contributed by atoms with E-state index in [1.54, 1.807) is 0 Å². The summed E-state index contributed by atoms with van der Waals surface area (Å²) in [7, 11) is 0. The van der Waals surface area contributed by atoms with Crippen LogP contribution in [-0.4, -0.2) is 39.6 Å². The largest absolute Gasteiger partial charge is 0.390 e. The van der Waals surface area contributed by atoms with E-state index < -0.39 is 5.60 Å². The minimum absolute atomic E-state index is 0.0503. The van der Waals surface area contributed by atoms with Crippen LogP contribution in [-0.2, 0) is 4.79 Å². The number of nitrogens with one attached hydrogen (secondary N) is 1. The number of benzene rings is 1. The first kappa shape index (κ1) is 18.6. The molecular weight excluding hydrogens is 348 g/mol. The molecule has 1 saturated heterocycles. The van der Waals surface area contributed by atoms with Gasteiger partial charge in [0.1, 0.15) is 0 Å². The van der Waals surface area contributed by atoms with Crippen LogP contribution < -0.4 is 5.32 Å². The minimum atomic E-state index is -0.474. The SMILES string of the molecule is Cc1cc(C)c(NC(=O)[C@H]2CCCN2C23C[C@@H]4C[C@H](CC(O)(C4)C2)C3)c(C)c1. The van der Waals surface area contributed by atoms with Gasteiger partial charge in [-0.2, -0.15) is 0 Å². The fourth-order valence-electron chi connectivity index (χ4n) is 7.69. The number of likely N-dealkylation sites (tertiary alicyclic amines) is 1. The van der Waals surface area contributed by atoms with Crippen molar-refractivity contribution in [2.24, 2.45) is 11.8 Å². The molecule has 0 radical (unpaired) electrons.